The molecule has 120 valence electrons. The van der Waals surface area contributed by atoms with Crippen molar-refractivity contribution in [3.63, 3.8) is 0 Å². The highest BCUT2D eigenvalue weighted by molar-refractivity contribution is 5.98. The van der Waals surface area contributed by atoms with Crippen LogP contribution in [0, 0.1) is 5.82 Å². The number of hydrogen-bond donors (Lipinski definition) is 2. The highest BCUT2D eigenvalue weighted by Gasteiger charge is 2.13. The SMILES string of the molecule is NC(=O)NCCCCCC(=O)OCC(=O)c1ccccc1F. The van der Waals surface area contributed by atoms with Crippen LogP contribution in [0.3, 0.4) is 0 Å². The predicted octanol–water partition coefficient (Wildman–Crippen LogP) is 1.78. The van der Waals surface area contributed by atoms with Gasteiger partial charge in [0.1, 0.15) is 5.82 Å². The third-order valence-electron chi connectivity index (χ3n) is 2.90. The molecule has 3 N–H and O–H groups in total. The molecule has 0 atom stereocenters. The van der Waals surface area contributed by atoms with Gasteiger partial charge in [-0.05, 0) is 25.0 Å². The van der Waals surface area contributed by atoms with Crippen molar-refractivity contribution in [2.24, 2.45) is 5.73 Å². The number of amides is 2. The smallest absolute Gasteiger partial charge is 0.312 e. The standard InChI is InChI=1S/C15H19FN2O4/c16-12-7-4-3-6-11(12)13(19)10-22-14(20)8-2-1-5-9-18-15(17)21/h3-4,6-7H,1-2,5,8-10H2,(H3,17,18,21). The first kappa shape index (κ1) is 17.6. The number of nitrogens with one attached hydrogen (secondary N) is 1. The molecule has 1 rings (SSSR count). The van der Waals surface area contributed by atoms with E-state index in [0.717, 1.165) is 6.42 Å². The Bertz CT molecular complexity index is 534. The quantitative estimate of drug-likeness (QED) is 0.412. The lowest BCUT2D eigenvalue weighted by Gasteiger charge is -2.05. The average Bonchev–Trinajstić information content (AvgIpc) is 2.48. The number of nitrogens with two attached hydrogens (primary N) is 1. The highest BCUT2D eigenvalue weighted by atomic mass is 19.1. The molecule has 0 fully saturated rings. The van der Waals surface area contributed by atoms with Crippen molar-refractivity contribution in [3.8, 4) is 0 Å². The predicted molar refractivity (Wildman–Crippen MR) is 77.7 cm³/mol. The van der Waals surface area contributed by atoms with Gasteiger partial charge in [-0.25, -0.2) is 9.18 Å². The van der Waals surface area contributed by atoms with Crippen LogP contribution in [0.5, 0.6) is 0 Å². The fourth-order valence-corrected chi connectivity index (χ4v) is 1.77. The van der Waals surface area contributed by atoms with Crippen LogP contribution in [-0.2, 0) is 9.53 Å². The lowest BCUT2D eigenvalue weighted by Crippen LogP contribution is -2.29. The normalized spacial score (nSPS) is 10.0. The van der Waals surface area contributed by atoms with E-state index in [1.165, 1.54) is 24.3 Å². The van der Waals surface area contributed by atoms with E-state index >= 15 is 0 Å². The summed E-state index contributed by atoms with van der Waals surface area (Å²) < 4.78 is 18.2. The fourth-order valence-electron chi connectivity index (χ4n) is 1.77. The number of halogens is 1. The third-order valence-corrected chi connectivity index (χ3v) is 2.90. The first-order valence-electron chi connectivity index (χ1n) is 6.97. The molecule has 0 unspecified atom stereocenters. The summed E-state index contributed by atoms with van der Waals surface area (Å²) in [6.45, 7) is -0.0147. The molecule has 0 aromatic heterocycles. The summed E-state index contributed by atoms with van der Waals surface area (Å²) in [6, 6.07) is 4.96. The van der Waals surface area contributed by atoms with Gasteiger partial charge in [-0.2, -0.15) is 0 Å². The van der Waals surface area contributed by atoms with E-state index in [-0.39, 0.29) is 12.0 Å². The number of carbonyl (C=O) groups excluding carboxylic acids is 3. The Morgan fingerprint density at radius 2 is 1.86 bits per heavy atom. The topological polar surface area (TPSA) is 98.5 Å². The number of esters is 1. The largest absolute Gasteiger partial charge is 0.457 e. The van der Waals surface area contributed by atoms with Crippen LogP contribution in [0.1, 0.15) is 36.0 Å². The van der Waals surface area contributed by atoms with Crippen molar-refractivity contribution in [1.82, 2.24) is 5.32 Å². The summed E-state index contributed by atoms with van der Waals surface area (Å²) in [5, 5.41) is 2.44. The number of benzene rings is 1. The lowest BCUT2D eigenvalue weighted by molar-refractivity contribution is -0.142. The van der Waals surface area contributed by atoms with E-state index in [9.17, 15) is 18.8 Å². The van der Waals surface area contributed by atoms with Gasteiger partial charge in [0.25, 0.3) is 0 Å². The minimum atomic E-state index is -0.634. The van der Waals surface area contributed by atoms with Crippen molar-refractivity contribution in [2.75, 3.05) is 13.2 Å². The molecule has 0 heterocycles. The zero-order chi connectivity index (χ0) is 16.4. The van der Waals surface area contributed by atoms with Gasteiger partial charge in [0.15, 0.2) is 6.61 Å². The van der Waals surface area contributed by atoms with E-state index in [2.05, 4.69) is 5.32 Å². The van der Waals surface area contributed by atoms with E-state index in [0.29, 0.717) is 19.4 Å². The summed E-state index contributed by atoms with van der Waals surface area (Å²) in [5.41, 5.74) is 4.81. The van der Waals surface area contributed by atoms with Crippen LogP contribution in [0.15, 0.2) is 24.3 Å². The molecule has 0 saturated carbocycles. The molecule has 0 aliphatic carbocycles. The zero-order valence-electron chi connectivity index (χ0n) is 12.1. The monoisotopic (exact) mass is 310 g/mol. The van der Waals surface area contributed by atoms with Crippen LogP contribution in [0.25, 0.3) is 0 Å². The van der Waals surface area contributed by atoms with Gasteiger partial charge in [0.05, 0.1) is 5.56 Å². The molecule has 1 aromatic rings. The highest BCUT2D eigenvalue weighted by Crippen LogP contribution is 2.08. The first-order valence-corrected chi connectivity index (χ1v) is 6.97. The molecule has 0 radical (unpaired) electrons. The van der Waals surface area contributed by atoms with Gasteiger partial charge in [-0.15, -0.1) is 0 Å². The molecule has 0 aliphatic heterocycles. The van der Waals surface area contributed by atoms with Crippen molar-refractivity contribution in [1.29, 1.82) is 0 Å². The third kappa shape index (κ3) is 6.83. The molecule has 0 spiro atoms. The molecule has 0 saturated heterocycles. The number of hydrogen-bond acceptors (Lipinski definition) is 4. The Hall–Kier alpha value is -2.44. The van der Waals surface area contributed by atoms with Gasteiger partial charge in [-0.3, -0.25) is 9.59 Å². The maximum atomic E-state index is 13.3. The van der Waals surface area contributed by atoms with E-state index in [4.69, 9.17) is 10.5 Å². The number of unbranched alkanes of at least 4 members (excludes halogenated alkanes) is 2. The molecule has 6 nitrogen and oxygen atoms in total. The second kappa shape index (κ2) is 9.49. The van der Waals surface area contributed by atoms with Crippen molar-refractivity contribution in [3.05, 3.63) is 35.6 Å². The van der Waals surface area contributed by atoms with Crippen LogP contribution in [0.2, 0.25) is 0 Å². The number of carbonyl (C=O) groups is 3. The van der Waals surface area contributed by atoms with Gasteiger partial charge in [0.2, 0.25) is 5.78 Å². The molecular weight excluding hydrogens is 291 g/mol. The average molecular weight is 310 g/mol. The number of primary amides is 1. The molecule has 22 heavy (non-hydrogen) atoms. The summed E-state index contributed by atoms with van der Waals surface area (Å²) >= 11 is 0. The number of ketones is 1. The Kier molecular flexibility index (Phi) is 7.60. The maximum Gasteiger partial charge on any atom is 0.312 e. The zero-order valence-corrected chi connectivity index (χ0v) is 12.1. The van der Waals surface area contributed by atoms with Gasteiger partial charge in [0, 0.05) is 13.0 Å². The summed E-state index contributed by atoms with van der Waals surface area (Å²) in [4.78, 5) is 33.5. The number of ether oxygens (including phenoxy) is 1. The van der Waals surface area contributed by atoms with Crippen molar-refractivity contribution in [2.45, 2.75) is 25.7 Å². The number of Topliss-reactive ketones (excluding diaryl/α,β-unsaturated/α-hetero) is 1. The number of urea groups is 1. The second-order valence-electron chi connectivity index (χ2n) is 4.67. The first-order chi connectivity index (χ1) is 10.5. The van der Waals surface area contributed by atoms with Gasteiger partial charge >= 0.3 is 12.0 Å². The van der Waals surface area contributed by atoms with Crippen molar-refractivity contribution >= 4 is 17.8 Å². The van der Waals surface area contributed by atoms with E-state index in [1.54, 1.807) is 0 Å². The minimum Gasteiger partial charge on any atom is -0.457 e. The van der Waals surface area contributed by atoms with E-state index in [1.807, 2.05) is 0 Å². The Balaban J connectivity index is 2.17. The maximum absolute atomic E-state index is 13.3. The molecule has 0 bridgehead atoms. The number of rotatable bonds is 9. The molecule has 7 heteroatoms. The molecular formula is C15H19FN2O4. The van der Waals surface area contributed by atoms with Crippen LogP contribution < -0.4 is 11.1 Å². The van der Waals surface area contributed by atoms with Crippen LogP contribution in [-0.4, -0.2) is 30.9 Å². The second-order valence-corrected chi connectivity index (χ2v) is 4.67. The van der Waals surface area contributed by atoms with Crippen LogP contribution >= 0.6 is 0 Å². The minimum absolute atomic E-state index is 0.0900. The fraction of sp³-hybridized carbons (Fsp3) is 0.400. The Morgan fingerprint density at radius 1 is 1.14 bits per heavy atom. The Morgan fingerprint density at radius 3 is 2.55 bits per heavy atom. The van der Waals surface area contributed by atoms with Gasteiger partial charge in [-0.1, -0.05) is 18.6 Å². The molecule has 0 aliphatic rings. The summed E-state index contributed by atoms with van der Waals surface area (Å²) in [6.07, 6.45) is 2.16. The molecule has 1 aromatic carbocycles. The van der Waals surface area contributed by atoms with Crippen molar-refractivity contribution < 1.29 is 23.5 Å². The Labute approximate surface area is 127 Å². The summed E-state index contributed by atoms with van der Waals surface area (Å²) in [5.74, 6) is -1.71. The van der Waals surface area contributed by atoms with E-state index < -0.39 is 30.2 Å². The molecule has 2 amide bonds. The van der Waals surface area contributed by atoms with Crippen LogP contribution in [0.4, 0.5) is 9.18 Å². The lowest BCUT2D eigenvalue weighted by atomic mass is 10.1. The summed E-state index contributed by atoms with van der Waals surface area (Å²) in [7, 11) is 0. The van der Waals surface area contributed by atoms with Gasteiger partial charge < -0.3 is 15.8 Å².